The smallest absolute Gasteiger partial charge is 0.355 e. The van der Waals surface area contributed by atoms with Crippen LogP contribution < -0.4 is 5.56 Å². The SMILES string of the molecule is CC[C@@H](C)Cc1c(C)sc2nc(COC(=O)c3cccn3C)[nH]c(=O)c12. The van der Waals surface area contributed by atoms with Gasteiger partial charge < -0.3 is 14.3 Å². The number of rotatable bonds is 6. The summed E-state index contributed by atoms with van der Waals surface area (Å²) >= 11 is 1.52. The van der Waals surface area contributed by atoms with Gasteiger partial charge in [0.1, 0.15) is 23.0 Å². The second-order valence-electron chi connectivity index (χ2n) is 6.63. The minimum absolute atomic E-state index is 0.0627. The number of aromatic amines is 1. The lowest BCUT2D eigenvalue weighted by Gasteiger charge is -2.08. The summed E-state index contributed by atoms with van der Waals surface area (Å²) in [6.07, 6.45) is 3.71. The fraction of sp³-hybridized carbons (Fsp3) is 0.421. The fourth-order valence-corrected chi connectivity index (χ4v) is 3.98. The number of carbonyl (C=O) groups excluding carboxylic acids is 1. The van der Waals surface area contributed by atoms with E-state index < -0.39 is 5.97 Å². The molecule has 3 aromatic heterocycles. The first kappa shape index (κ1) is 18.4. The monoisotopic (exact) mass is 373 g/mol. The van der Waals surface area contributed by atoms with Crippen LogP contribution in [0.2, 0.25) is 0 Å². The second-order valence-corrected chi connectivity index (χ2v) is 7.83. The Morgan fingerprint density at radius 2 is 2.23 bits per heavy atom. The summed E-state index contributed by atoms with van der Waals surface area (Å²) in [6, 6.07) is 3.46. The third kappa shape index (κ3) is 3.58. The van der Waals surface area contributed by atoms with Crippen LogP contribution in [0.3, 0.4) is 0 Å². The highest BCUT2D eigenvalue weighted by atomic mass is 32.1. The predicted octanol–water partition coefficient (Wildman–Crippen LogP) is 3.58. The molecule has 0 saturated heterocycles. The molecule has 3 heterocycles. The molecule has 0 aromatic carbocycles. The van der Waals surface area contributed by atoms with E-state index in [1.165, 1.54) is 11.3 Å². The van der Waals surface area contributed by atoms with Gasteiger partial charge in [-0.2, -0.15) is 0 Å². The lowest BCUT2D eigenvalue weighted by molar-refractivity contribution is 0.0451. The predicted molar refractivity (Wildman–Crippen MR) is 103 cm³/mol. The Bertz CT molecular complexity index is 999. The van der Waals surface area contributed by atoms with Crippen LogP contribution in [0, 0.1) is 12.8 Å². The van der Waals surface area contributed by atoms with Crippen LogP contribution in [0.1, 0.15) is 47.0 Å². The Kier molecular flexibility index (Phi) is 5.27. The van der Waals surface area contributed by atoms with Crippen LogP contribution in [0.4, 0.5) is 0 Å². The molecule has 138 valence electrons. The van der Waals surface area contributed by atoms with Crippen molar-refractivity contribution in [3.8, 4) is 0 Å². The summed E-state index contributed by atoms with van der Waals surface area (Å²) in [5.74, 6) is 0.429. The van der Waals surface area contributed by atoms with Gasteiger partial charge in [-0.3, -0.25) is 4.79 Å². The molecule has 1 atom stereocenters. The van der Waals surface area contributed by atoms with Crippen molar-refractivity contribution in [2.24, 2.45) is 13.0 Å². The highest BCUT2D eigenvalue weighted by molar-refractivity contribution is 7.18. The number of nitrogens with one attached hydrogen (secondary N) is 1. The average molecular weight is 373 g/mol. The highest BCUT2D eigenvalue weighted by Crippen LogP contribution is 2.29. The largest absolute Gasteiger partial charge is 0.453 e. The molecule has 0 fully saturated rings. The molecule has 0 spiro atoms. The number of fused-ring (bicyclic) bond motifs is 1. The van der Waals surface area contributed by atoms with E-state index in [2.05, 4.69) is 23.8 Å². The summed E-state index contributed by atoms with van der Waals surface area (Å²) in [7, 11) is 1.77. The van der Waals surface area contributed by atoms with Crippen molar-refractivity contribution in [2.75, 3.05) is 0 Å². The van der Waals surface area contributed by atoms with Gasteiger partial charge in [-0.1, -0.05) is 20.3 Å². The van der Waals surface area contributed by atoms with Gasteiger partial charge in [-0.05, 0) is 37.0 Å². The maximum absolute atomic E-state index is 12.6. The van der Waals surface area contributed by atoms with Crippen LogP contribution in [0.5, 0.6) is 0 Å². The molecule has 7 heteroatoms. The molecule has 1 N–H and O–H groups in total. The van der Waals surface area contributed by atoms with Gasteiger partial charge >= 0.3 is 5.97 Å². The molecule has 0 radical (unpaired) electrons. The standard InChI is InChI=1S/C19H23N3O3S/c1-5-11(2)9-13-12(3)26-18-16(13)17(23)20-15(21-18)10-25-19(24)14-7-6-8-22(14)4/h6-8,11H,5,9-10H2,1-4H3,(H,20,21,23)/t11-/m1/s1. The topological polar surface area (TPSA) is 77.0 Å². The maximum atomic E-state index is 12.6. The second kappa shape index (κ2) is 7.45. The van der Waals surface area contributed by atoms with Crippen LogP contribution in [-0.4, -0.2) is 20.5 Å². The Morgan fingerprint density at radius 3 is 2.88 bits per heavy atom. The Labute approximate surface area is 155 Å². The summed E-state index contributed by atoms with van der Waals surface area (Å²) in [5, 5.41) is 0.672. The normalized spacial score (nSPS) is 12.5. The summed E-state index contributed by atoms with van der Waals surface area (Å²) in [6.45, 7) is 6.30. The molecule has 0 aliphatic heterocycles. The minimum atomic E-state index is -0.444. The van der Waals surface area contributed by atoms with Crippen molar-refractivity contribution < 1.29 is 9.53 Å². The fourth-order valence-electron chi connectivity index (χ4n) is 2.91. The van der Waals surface area contributed by atoms with Crippen LogP contribution >= 0.6 is 11.3 Å². The lowest BCUT2D eigenvalue weighted by atomic mass is 9.98. The van der Waals surface area contributed by atoms with E-state index in [1.54, 1.807) is 29.9 Å². The number of hydrogen-bond acceptors (Lipinski definition) is 5. The van der Waals surface area contributed by atoms with Crippen LogP contribution in [-0.2, 0) is 24.8 Å². The summed E-state index contributed by atoms with van der Waals surface area (Å²) in [5.41, 5.74) is 1.37. The first-order valence-electron chi connectivity index (χ1n) is 8.70. The van der Waals surface area contributed by atoms with E-state index in [9.17, 15) is 9.59 Å². The molecular weight excluding hydrogens is 350 g/mol. The zero-order chi connectivity index (χ0) is 18.8. The molecule has 0 unspecified atom stereocenters. The van der Waals surface area contributed by atoms with Crippen LogP contribution in [0.15, 0.2) is 23.1 Å². The molecule has 3 rings (SSSR count). The first-order chi connectivity index (χ1) is 12.4. The van der Waals surface area contributed by atoms with Gasteiger partial charge in [0.2, 0.25) is 0 Å². The van der Waals surface area contributed by atoms with E-state index in [-0.39, 0.29) is 12.2 Å². The summed E-state index contributed by atoms with van der Waals surface area (Å²) < 4.78 is 6.97. The van der Waals surface area contributed by atoms with Crippen molar-refractivity contribution in [3.05, 3.63) is 50.6 Å². The van der Waals surface area contributed by atoms with E-state index in [1.807, 2.05) is 6.92 Å². The number of thiophene rings is 1. The van der Waals surface area contributed by atoms with E-state index in [0.717, 1.165) is 23.3 Å². The number of carbonyl (C=O) groups is 1. The third-order valence-electron chi connectivity index (χ3n) is 4.65. The molecule has 0 aliphatic carbocycles. The Morgan fingerprint density at radius 1 is 1.46 bits per heavy atom. The van der Waals surface area contributed by atoms with Gasteiger partial charge in [-0.15, -0.1) is 11.3 Å². The molecule has 6 nitrogen and oxygen atoms in total. The van der Waals surface area contributed by atoms with Crippen molar-refractivity contribution >= 4 is 27.5 Å². The zero-order valence-electron chi connectivity index (χ0n) is 15.5. The van der Waals surface area contributed by atoms with Crippen molar-refractivity contribution in [1.29, 1.82) is 0 Å². The van der Waals surface area contributed by atoms with Gasteiger partial charge in [0.05, 0.1) is 5.39 Å². The first-order valence-corrected chi connectivity index (χ1v) is 9.52. The number of H-pyrrole nitrogens is 1. The number of hydrogen-bond donors (Lipinski definition) is 1. The van der Waals surface area contributed by atoms with Gasteiger partial charge in [0.15, 0.2) is 0 Å². The zero-order valence-corrected chi connectivity index (χ0v) is 16.3. The Balaban J connectivity index is 1.84. The van der Waals surface area contributed by atoms with Gasteiger partial charge in [0, 0.05) is 18.1 Å². The van der Waals surface area contributed by atoms with Gasteiger partial charge in [0.25, 0.3) is 5.56 Å². The number of ether oxygens (including phenoxy) is 1. The molecular formula is C19H23N3O3S. The maximum Gasteiger partial charge on any atom is 0.355 e. The molecule has 3 aromatic rings. The van der Waals surface area contributed by atoms with Crippen molar-refractivity contribution in [3.63, 3.8) is 0 Å². The number of aryl methyl sites for hydroxylation is 2. The lowest BCUT2D eigenvalue weighted by Crippen LogP contribution is -2.16. The van der Waals surface area contributed by atoms with E-state index in [0.29, 0.717) is 27.7 Å². The molecule has 0 aliphatic rings. The minimum Gasteiger partial charge on any atom is -0.453 e. The van der Waals surface area contributed by atoms with Crippen molar-refractivity contribution in [2.45, 2.75) is 40.2 Å². The average Bonchev–Trinajstić information content (AvgIpc) is 3.16. The highest BCUT2D eigenvalue weighted by Gasteiger charge is 2.17. The van der Waals surface area contributed by atoms with Crippen LogP contribution in [0.25, 0.3) is 10.2 Å². The number of esters is 1. The molecule has 0 bridgehead atoms. The van der Waals surface area contributed by atoms with Gasteiger partial charge in [-0.25, -0.2) is 9.78 Å². The number of aromatic nitrogens is 3. The number of nitrogens with zero attached hydrogens (tertiary/aromatic N) is 2. The Hall–Kier alpha value is -2.41. The molecule has 0 amide bonds. The summed E-state index contributed by atoms with van der Waals surface area (Å²) in [4.78, 5) is 33.8. The van der Waals surface area contributed by atoms with Crippen molar-refractivity contribution in [1.82, 2.24) is 14.5 Å². The third-order valence-corrected chi connectivity index (χ3v) is 5.70. The van der Waals surface area contributed by atoms with E-state index >= 15 is 0 Å². The van der Waals surface area contributed by atoms with E-state index in [4.69, 9.17) is 4.74 Å². The molecule has 26 heavy (non-hydrogen) atoms. The molecule has 0 saturated carbocycles. The quantitative estimate of drug-likeness (QED) is 0.670.